The Balaban J connectivity index is 1.48. The third-order valence-electron chi connectivity index (χ3n) is 5.82. The molecule has 1 N–H and O–H groups in total. The first kappa shape index (κ1) is 22.7. The lowest BCUT2D eigenvalue weighted by atomic mass is 10.0. The summed E-state index contributed by atoms with van der Waals surface area (Å²) in [6.07, 6.45) is 0. The van der Waals surface area contributed by atoms with Crippen LogP contribution in [0.4, 0.5) is 4.39 Å². The summed E-state index contributed by atoms with van der Waals surface area (Å²) < 4.78 is 25.8. The van der Waals surface area contributed by atoms with Gasteiger partial charge in [-0.05, 0) is 48.9 Å². The molecule has 1 aromatic heterocycles. The lowest BCUT2D eigenvalue weighted by Gasteiger charge is -2.35. The normalized spacial score (nSPS) is 15.6. The van der Waals surface area contributed by atoms with Crippen molar-refractivity contribution in [2.75, 3.05) is 40.0 Å². The molecule has 3 aromatic rings. The number of halogens is 2. The molecule has 170 valence electrons. The lowest BCUT2D eigenvalue weighted by molar-refractivity contribution is 0.0161. The van der Waals surface area contributed by atoms with Crippen LogP contribution >= 0.6 is 11.6 Å². The second kappa shape index (κ2) is 10.4. The van der Waals surface area contributed by atoms with Crippen molar-refractivity contribution in [1.82, 2.24) is 20.0 Å². The first-order chi connectivity index (χ1) is 15.6. The van der Waals surface area contributed by atoms with Crippen LogP contribution in [0.25, 0.3) is 5.69 Å². The predicted molar refractivity (Wildman–Crippen MR) is 123 cm³/mol. The molecule has 1 saturated heterocycles. The summed E-state index contributed by atoms with van der Waals surface area (Å²) in [7, 11) is 1.67. The number of nitrogens with zero attached hydrogens (tertiary/aromatic N) is 3. The van der Waals surface area contributed by atoms with Gasteiger partial charge in [0.2, 0.25) is 0 Å². The SMILES string of the molecule is COc1ccc(C(CNCc2c(C)nn(-c3ccc(F)cc3)c2Cl)N2CCOCC2)cc1. The van der Waals surface area contributed by atoms with E-state index < -0.39 is 0 Å². The van der Waals surface area contributed by atoms with Gasteiger partial charge in [-0.2, -0.15) is 5.10 Å². The number of morpholine rings is 1. The van der Waals surface area contributed by atoms with Crippen molar-refractivity contribution in [1.29, 1.82) is 0 Å². The zero-order valence-electron chi connectivity index (χ0n) is 18.4. The van der Waals surface area contributed by atoms with E-state index in [1.54, 1.807) is 23.9 Å². The lowest BCUT2D eigenvalue weighted by Crippen LogP contribution is -2.42. The number of aromatic nitrogens is 2. The molecule has 1 atom stereocenters. The minimum absolute atomic E-state index is 0.205. The number of hydrogen-bond donors (Lipinski definition) is 1. The Morgan fingerprint density at radius 3 is 2.47 bits per heavy atom. The Labute approximate surface area is 192 Å². The standard InChI is InChI=1S/C24H28ClFN4O2/c1-17-22(24(25)30(28-17)20-7-5-19(26)6-8-20)15-27-16-23(29-11-13-32-14-12-29)18-3-9-21(31-2)10-4-18/h3-10,23,27H,11-16H2,1-2H3. The van der Waals surface area contributed by atoms with E-state index in [1.165, 1.54) is 17.7 Å². The molecule has 0 spiro atoms. The van der Waals surface area contributed by atoms with Gasteiger partial charge in [-0.1, -0.05) is 23.7 Å². The Morgan fingerprint density at radius 1 is 1.12 bits per heavy atom. The van der Waals surface area contributed by atoms with Crippen molar-refractivity contribution < 1.29 is 13.9 Å². The average Bonchev–Trinajstić information content (AvgIpc) is 3.11. The fraction of sp³-hybridized carbons (Fsp3) is 0.375. The molecule has 0 aliphatic carbocycles. The van der Waals surface area contributed by atoms with Crippen LogP contribution in [-0.4, -0.2) is 54.6 Å². The molecule has 1 unspecified atom stereocenters. The summed E-state index contributed by atoms with van der Waals surface area (Å²) in [6, 6.07) is 14.6. The van der Waals surface area contributed by atoms with Crippen LogP contribution in [0.5, 0.6) is 5.75 Å². The second-order valence-electron chi connectivity index (χ2n) is 7.81. The number of benzene rings is 2. The van der Waals surface area contributed by atoms with Gasteiger partial charge in [0, 0.05) is 37.8 Å². The third kappa shape index (κ3) is 5.13. The molecule has 6 nitrogen and oxygen atoms in total. The van der Waals surface area contributed by atoms with Gasteiger partial charge in [-0.3, -0.25) is 4.90 Å². The van der Waals surface area contributed by atoms with Gasteiger partial charge in [-0.25, -0.2) is 9.07 Å². The van der Waals surface area contributed by atoms with Gasteiger partial charge >= 0.3 is 0 Å². The third-order valence-corrected chi connectivity index (χ3v) is 6.21. The highest BCUT2D eigenvalue weighted by Crippen LogP contribution is 2.26. The molecule has 1 aliphatic rings. The van der Waals surface area contributed by atoms with Crippen LogP contribution in [0.1, 0.15) is 22.9 Å². The van der Waals surface area contributed by atoms with Crippen molar-refractivity contribution in [3.63, 3.8) is 0 Å². The van der Waals surface area contributed by atoms with E-state index >= 15 is 0 Å². The predicted octanol–water partition coefficient (Wildman–Crippen LogP) is 4.14. The Morgan fingerprint density at radius 2 is 1.81 bits per heavy atom. The van der Waals surface area contributed by atoms with Crippen LogP contribution in [0.2, 0.25) is 5.15 Å². The summed E-state index contributed by atoms with van der Waals surface area (Å²) in [5, 5.41) is 8.66. The Bertz CT molecular complexity index is 1020. The summed E-state index contributed by atoms with van der Waals surface area (Å²) in [6.45, 7) is 6.53. The maximum Gasteiger partial charge on any atom is 0.137 e. The number of nitrogens with one attached hydrogen (secondary N) is 1. The van der Waals surface area contributed by atoms with E-state index in [4.69, 9.17) is 21.1 Å². The zero-order chi connectivity index (χ0) is 22.5. The van der Waals surface area contributed by atoms with E-state index in [1.807, 2.05) is 19.1 Å². The molecular formula is C24H28ClFN4O2. The average molecular weight is 459 g/mol. The number of aryl methyl sites for hydroxylation is 1. The largest absolute Gasteiger partial charge is 0.497 e. The van der Waals surface area contributed by atoms with Gasteiger partial charge in [-0.15, -0.1) is 0 Å². The first-order valence-electron chi connectivity index (χ1n) is 10.7. The molecular weight excluding hydrogens is 431 g/mol. The van der Waals surface area contributed by atoms with Gasteiger partial charge in [0.15, 0.2) is 0 Å². The number of hydrogen-bond acceptors (Lipinski definition) is 5. The van der Waals surface area contributed by atoms with Crippen molar-refractivity contribution in [3.8, 4) is 11.4 Å². The second-order valence-corrected chi connectivity index (χ2v) is 8.17. The highest BCUT2D eigenvalue weighted by molar-refractivity contribution is 6.30. The van der Waals surface area contributed by atoms with Gasteiger partial charge in [0.1, 0.15) is 16.7 Å². The zero-order valence-corrected chi connectivity index (χ0v) is 19.1. The van der Waals surface area contributed by atoms with Crippen LogP contribution in [0.3, 0.4) is 0 Å². The van der Waals surface area contributed by atoms with Crippen molar-refractivity contribution >= 4 is 11.6 Å². The smallest absolute Gasteiger partial charge is 0.137 e. The van der Waals surface area contributed by atoms with Crippen LogP contribution < -0.4 is 10.1 Å². The quantitative estimate of drug-likeness (QED) is 0.549. The Kier molecular flexibility index (Phi) is 7.42. The number of ether oxygens (including phenoxy) is 2. The van der Waals surface area contributed by atoms with E-state index in [9.17, 15) is 4.39 Å². The maximum atomic E-state index is 13.3. The highest BCUT2D eigenvalue weighted by Gasteiger charge is 2.23. The summed E-state index contributed by atoms with van der Waals surface area (Å²) in [4.78, 5) is 2.44. The molecule has 0 amide bonds. The molecule has 0 bridgehead atoms. The van der Waals surface area contributed by atoms with E-state index in [0.29, 0.717) is 11.7 Å². The van der Waals surface area contributed by atoms with E-state index in [0.717, 1.165) is 55.5 Å². The molecule has 8 heteroatoms. The molecule has 32 heavy (non-hydrogen) atoms. The van der Waals surface area contributed by atoms with E-state index in [-0.39, 0.29) is 11.9 Å². The van der Waals surface area contributed by atoms with Gasteiger partial charge < -0.3 is 14.8 Å². The van der Waals surface area contributed by atoms with Gasteiger partial charge in [0.25, 0.3) is 0 Å². The molecule has 2 heterocycles. The van der Waals surface area contributed by atoms with E-state index in [2.05, 4.69) is 27.4 Å². The highest BCUT2D eigenvalue weighted by atomic mass is 35.5. The van der Waals surface area contributed by atoms with Crippen LogP contribution in [0.15, 0.2) is 48.5 Å². The fourth-order valence-electron chi connectivity index (χ4n) is 3.99. The monoisotopic (exact) mass is 458 g/mol. The molecule has 1 aliphatic heterocycles. The number of methoxy groups -OCH3 is 1. The van der Waals surface area contributed by atoms with Crippen molar-refractivity contribution in [2.45, 2.75) is 19.5 Å². The topological polar surface area (TPSA) is 51.5 Å². The van der Waals surface area contributed by atoms with Gasteiger partial charge in [0.05, 0.1) is 31.7 Å². The molecule has 2 aromatic carbocycles. The minimum atomic E-state index is -0.289. The molecule has 4 rings (SSSR count). The molecule has 1 fully saturated rings. The number of rotatable bonds is 8. The Hall–Kier alpha value is -2.45. The summed E-state index contributed by atoms with van der Waals surface area (Å²) >= 11 is 6.64. The minimum Gasteiger partial charge on any atom is -0.497 e. The van der Waals surface area contributed by atoms with Crippen LogP contribution in [-0.2, 0) is 11.3 Å². The first-order valence-corrected chi connectivity index (χ1v) is 11.1. The summed E-state index contributed by atoms with van der Waals surface area (Å²) in [5.74, 6) is 0.557. The van der Waals surface area contributed by atoms with Crippen molar-refractivity contribution in [2.24, 2.45) is 0 Å². The summed E-state index contributed by atoms with van der Waals surface area (Å²) in [5.41, 5.74) is 3.74. The molecule has 0 saturated carbocycles. The van der Waals surface area contributed by atoms with Crippen LogP contribution in [0, 0.1) is 12.7 Å². The fourth-order valence-corrected chi connectivity index (χ4v) is 4.33. The maximum absolute atomic E-state index is 13.3. The van der Waals surface area contributed by atoms with Crippen molar-refractivity contribution in [3.05, 3.63) is 76.3 Å². The molecule has 0 radical (unpaired) electrons.